The fourth-order valence-corrected chi connectivity index (χ4v) is 0.815. The maximum Gasteiger partial charge on any atom is 0.331 e. The van der Waals surface area contributed by atoms with Crippen LogP contribution in [0.3, 0.4) is 0 Å². The molecule has 20 heavy (non-hydrogen) atoms. The van der Waals surface area contributed by atoms with Crippen molar-refractivity contribution in [2.24, 2.45) is 10.8 Å². The van der Waals surface area contributed by atoms with Crippen molar-refractivity contribution in [3.8, 4) is 0 Å². The third-order valence-electron chi connectivity index (χ3n) is 2.17. The average Bonchev–Trinajstić information content (AvgIpc) is 2.40. The van der Waals surface area contributed by atoms with Crippen LogP contribution in [0.4, 0.5) is 0 Å². The number of esters is 2. The summed E-state index contributed by atoms with van der Waals surface area (Å²) in [6.45, 7) is 6.32. The van der Waals surface area contributed by atoms with Crippen LogP contribution in [-0.4, -0.2) is 37.7 Å². The number of hydrogen-bond donors (Lipinski definition) is 0. The molecule has 0 bridgehead atoms. The van der Waals surface area contributed by atoms with E-state index in [1.165, 1.54) is 0 Å². The molecule has 0 aliphatic heterocycles. The number of hydrogen-bond acceptors (Lipinski definition) is 6. The summed E-state index contributed by atoms with van der Waals surface area (Å²) >= 11 is 0. The fourth-order valence-electron chi connectivity index (χ4n) is 0.815. The summed E-state index contributed by atoms with van der Waals surface area (Å²) in [6.07, 6.45) is 3.19. The minimum atomic E-state index is -0.766. The van der Waals surface area contributed by atoms with E-state index in [4.69, 9.17) is 9.47 Å². The molecule has 0 spiro atoms. The Morgan fingerprint density at radius 1 is 0.800 bits per heavy atom. The van der Waals surface area contributed by atoms with E-state index in [1.807, 2.05) is 0 Å². The maximum absolute atomic E-state index is 11.3. The van der Waals surface area contributed by atoms with Crippen molar-refractivity contribution >= 4 is 24.5 Å². The van der Waals surface area contributed by atoms with Crippen LogP contribution < -0.4 is 0 Å². The SMILES string of the molecule is CC(C)(C=O)COC(=O)/C=C/C(=O)OCC(C)(C)C=O. The summed E-state index contributed by atoms with van der Waals surface area (Å²) in [4.78, 5) is 43.8. The lowest BCUT2D eigenvalue weighted by molar-refractivity contribution is -0.144. The van der Waals surface area contributed by atoms with Crippen LogP contribution in [0.15, 0.2) is 12.2 Å². The highest BCUT2D eigenvalue weighted by molar-refractivity contribution is 5.91. The topological polar surface area (TPSA) is 86.7 Å². The monoisotopic (exact) mass is 284 g/mol. The number of carbonyl (C=O) groups is 4. The van der Waals surface area contributed by atoms with Crippen LogP contribution in [0.1, 0.15) is 27.7 Å². The predicted molar refractivity (Wildman–Crippen MR) is 70.7 cm³/mol. The van der Waals surface area contributed by atoms with Gasteiger partial charge in [-0.15, -0.1) is 0 Å². The van der Waals surface area contributed by atoms with E-state index in [2.05, 4.69) is 0 Å². The zero-order valence-corrected chi connectivity index (χ0v) is 12.2. The summed E-state index contributed by atoms with van der Waals surface area (Å²) in [5.74, 6) is -1.49. The van der Waals surface area contributed by atoms with Crippen LogP contribution in [0, 0.1) is 10.8 Å². The van der Waals surface area contributed by atoms with Crippen molar-refractivity contribution in [3.05, 3.63) is 12.2 Å². The minimum absolute atomic E-state index is 0.0765. The zero-order valence-electron chi connectivity index (χ0n) is 12.2. The van der Waals surface area contributed by atoms with E-state index < -0.39 is 22.8 Å². The van der Waals surface area contributed by atoms with Gasteiger partial charge in [-0.05, 0) is 27.7 Å². The van der Waals surface area contributed by atoms with Gasteiger partial charge in [-0.1, -0.05) is 0 Å². The Morgan fingerprint density at radius 3 is 1.35 bits per heavy atom. The van der Waals surface area contributed by atoms with Gasteiger partial charge in [0, 0.05) is 12.2 Å². The van der Waals surface area contributed by atoms with E-state index in [-0.39, 0.29) is 13.2 Å². The Kier molecular flexibility index (Phi) is 6.82. The van der Waals surface area contributed by atoms with Crippen molar-refractivity contribution in [1.82, 2.24) is 0 Å². The molecule has 6 heteroatoms. The molecule has 0 aliphatic carbocycles. The average molecular weight is 284 g/mol. The number of carbonyl (C=O) groups excluding carboxylic acids is 4. The molecule has 0 fully saturated rings. The van der Waals surface area contributed by atoms with Gasteiger partial charge in [-0.3, -0.25) is 0 Å². The van der Waals surface area contributed by atoms with Gasteiger partial charge in [0.25, 0.3) is 0 Å². The van der Waals surface area contributed by atoms with E-state index in [0.29, 0.717) is 12.6 Å². The Morgan fingerprint density at radius 2 is 1.10 bits per heavy atom. The van der Waals surface area contributed by atoms with Gasteiger partial charge in [-0.2, -0.15) is 0 Å². The van der Waals surface area contributed by atoms with Crippen molar-refractivity contribution < 1.29 is 28.7 Å². The minimum Gasteiger partial charge on any atom is -0.461 e. The van der Waals surface area contributed by atoms with Gasteiger partial charge in [0.15, 0.2) is 0 Å². The van der Waals surface area contributed by atoms with Gasteiger partial charge >= 0.3 is 11.9 Å². The van der Waals surface area contributed by atoms with Crippen LogP contribution in [0.5, 0.6) is 0 Å². The molecule has 0 atom stereocenters. The molecule has 6 nitrogen and oxygen atoms in total. The highest BCUT2D eigenvalue weighted by Crippen LogP contribution is 2.12. The summed E-state index contributed by atoms with van der Waals surface area (Å²) in [7, 11) is 0. The number of aldehydes is 2. The van der Waals surface area contributed by atoms with Crippen LogP contribution >= 0.6 is 0 Å². The third kappa shape index (κ3) is 8.18. The first kappa shape index (κ1) is 18.0. The molecule has 0 radical (unpaired) electrons. The van der Waals surface area contributed by atoms with E-state index in [0.717, 1.165) is 12.2 Å². The second-order valence-electron chi connectivity index (χ2n) is 5.76. The molecule has 0 saturated heterocycles. The predicted octanol–water partition coefficient (Wildman–Crippen LogP) is 1.08. The Labute approximate surface area is 118 Å². The van der Waals surface area contributed by atoms with Crippen molar-refractivity contribution in [1.29, 1.82) is 0 Å². The third-order valence-corrected chi connectivity index (χ3v) is 2.17. The molecule has 112 valence electrons. The highest BCUT2D eigenvalue weighted by Gasteiger charge is 2.19. The standard InChI is InChI=1S/C14H20O6/c1-13(2,7-15)9-19-11(17)5-6-12(18)20-10-14(3,4)8-16/h5-8H,9-10H2,1-4H3/b6-5+. The van der Waals surface area contributed by atoms with Gasteiger partial charge in [0.1, 0.15) is 25.8 Å². The van der Waals surface area contributed by atoms with Crippen LogP contribution in [0.25, 0.3) is 0 Å². The van der Waals surface area contributed by atoms with Crippen molar-refractivity contribution in [3.63, 3.8) is 0 Å². The van der Waals surface area contributed by atoms with E-state index in [1.54, 1.807) is 27.7 Å². The highest BCUT2D eigenvalue weighted by atomic mass is 16.5. The second kappa shape index (κ2) is 7.57. The molecule has 0 N–H and O–H groups in total. The summed E-state index contributed by atoms with van der Waals surface area (Å²) in [6, 6.07) is 0. The summed E-state index contributed by atoms with van der Waals surface area (Å²) in [5.41, 5.74) is -1.53. The molecule has 0 unspecified atom stereocenters. The number of ether oxygens (including phenoxy) is 2. The summed E-state index contributed by atoms with van der Waals surface area (Å²) in [5, 5.41) is 0. The van der Waals surface area contributed by atoms with Gasteiger partial charge in [0.05, 0.1) is 10.8 Å². The molecule has 0 aromatic heterocycles. The quantitative estimate of drug-likeness (QED) is 0.376. The Hall–Kier alpha value is -1.98. The van der Waals surface area contributed by atoms with E-state index in [9.17, 15) is 19.2 Å². The maximum atomic E-state index is 11.3. The van der Waals surface area contributed by atoms with Crippen LogP contribution in [0.2, 0.25) is 0 Å². The Bertz CT molecular complexity index is 368. The second-order valence-corrected chi connectivity index (χ2v) is 5.76. The Balaban J connectivity index is 4.16. The first-order valence-corrected chi connectivity index (χ1v) is 6.06. The lowest BCUT2D eigenvalue weighted by atomic mass is 9.98. The summed E-state index contributed by atoms with van der Waals surface area (Å²) < 4.78 is 9.59. The largest absolute Gasteiger partial charge is 0.461 e. The normalized spacial score (nSPS) is 12.0. The van der Waals surface area contributed by atoms with Crippen LogP contribution in [-0.2, 0) is 28.7 Å². The van der Waals surface area contributed by atoms with Gasteiger partial charge in [0.2, 0.25) is 0 Å². The number of rotatable bonds is 8. The first-order valence-electron chi connectivity index (χ1n) is 6.06. The van der Waals surface area contributed by atoms with Crippen molar-refractivity contribution in [2.75, 3.05) is 13.2 Å². The van der Waals surface area contributed by atoms with Gasteiger partial charge in [-0.25, -0.2) is 9.59 Å². The smallest absolute Gasteiger partial charge is 0.331 e. The lowest BCUT2D eigenvalue weighted by Gasteiger charge is -2.16. The molecule has 0 aromatic rings. The van der Waals surface area contributed by atoms with E-state index >= 15 is 0 Å². The molecule has 0 amide bonds. The van der Waals surface area contributed by atoms with Crippen molar-refractivity contribution in [2.45, 2.75) is 27.7 Å². The lowest BCUT2D eigenvalue weighted by Crippen LogP contribution is -2.23. The fraction of sp³-hybridized carbons (Fsp3) is 0.571. The first-order chi connectivity index (χ1) is 9.12. The molecular weight excluding hydrogens is 264 g/mol. The molecule has 0 aliphatic rings. The molecular formula is C14H20O6. The molecule has 0 rings (SSSR count). The van der Waals surface area contributed by atoms with Gasteiger partial charge < -0.3 is 19.1 Å². The molecule has 0 heterocycles. The molecule has 0 aromatic carbocycles. The zero-order chi connectivity index (χ0) is 15.8. The molecule has 0 saturated carbocycles.